The molecular weight excluding hydrogens is 472 g/mol. The van der Waals surface area contributed by atoms with E-state index in [1.807, 2.05) is 71.9 Å². The molecule has 4 rings (SSSR count). The van der Waals surface area contributed by atoms with E-state index in [4.69, 9.17) is 4.74 Å². The van der Waals surface area contributed by atoms with Crippen LogP contribution in [0.25, 0.3) is 0 Å². The molecular formula is C29H34N2O4S. The summed E-state index contributed by atoms with van der Waals surface area (Å²) in [6, 6.07) is 17.8. The molecule has 1 amide bonds. The van der Waals surface area contributed by atoms with Crippen LogP contribution in [0, 0.1) is 27.7 Å². The van der Waals surface area contributed by atoms with Crippen molar-refractivity contribution >= 4 is 21.6 Å². The van der Waals surface area contributed by atoms with E-state index in [-0.39, 0.29) is 23.4 Å². The molecule has 1 N–H and O–H groups in total. The lowest BCUT2D eigenvalue weighted by molar-refractivity contribution is -0.120. The molecule has 1 aliphatic rings. The van der Waals surface area contributed by atoms with Crippen LogP contribution in [0.4, 0.5) is 5.69 Å². The van der Waals surface area contributed by atoms with Crippen LogP contribution in [-0.4, -0.2) is 26.5 Å². The molecule has 3 aromatic carbocycles. The third-order valence-electron chi connectivity index (χ3n) is 6.70. The second-order valence-corrected chi connectivity index (χ2v) is 12.1. The SMILES string of the molecule is Cc1ccc(S(=O)(=O)N(CC(=O)NC2CC(C)(C)Oc3ccc(C)cc32)c2cccc(C)c2C)cc1. The minimum absolute atomic E-state index is 0.148. The van der Waals surface area contributed by atoms with Gasteiger partial charge in [0.15, 0.2) is 0 Å². The summed E-state index contributed by atoms with van der Waals surface area (Å²) in [5.74, 6) is 0.363. The number of benzene rings is 3. The van der Waals surface area contributed by atoms with Crippen molar-refractivity contribution in [2.24, 2.45) is 0 Å². The molecule has 1 heterocycles. The van der Waals surface area contributed by atoms with Gasteiger partial charge in [0.1, 0.15) is 17.9 Å². The minimum Gasteiger partial charge on any atom is -0.487 e. The lowest BCUT2D eigenvalue weighted by Crippen LogP contribution is -2.45. The Bertz CT molecular complexity index is 1400. The standard InChI is InChI=1S/C29H34N2O4S/c1-19-10-13-23(14-11-19)36(33,34)31(26-9-7-8-21(3)22(26)4)18-28(32)30-25-17-29(5,6)35-27-15-12-20(2)16-24(25)27/h7-16,25H,17-18H2,1-6H3,(H,30,32). The largest absolute Gasteiger partial charge is 0.487 e. The second kappa shape index (κ2) is 9.62. The van der Waals surface area contributed by atoms with E-state index in [1.165, 1.54) is 4.31 Å². The highest BCUT2D eigenvalue weighted by Crippen LogP contribution is 2.40. The van der Waals surface area contributed by atoms with Gasteiger partial charge in [-0.3, -0.25) is 9.10 Å². The van der Waals surface area contributed by atoms with Gasteiger partial charge < -0.3 is 10.1 Å². The van der Waals surface area contributed by atoms with Gasteiger partial charge in [-0.05, 0) is 76.9 Å². The Morgan fingerprint density at radius 3 is 2.36 bits per heavy atom. The Hall–Kier alpha value is -3.32. The molecule has 0 radical (unpaired) electrons. The number of sulfonamides is 1. The van der Waals surface area contributed by atoms with Gasteiger partial charge in [-0.1, -0.05) is 47.5 Å². The number of aryl methyl sites for hydroxylation is 3. The van der Waals surface area contributed by atoms with Crippen LogP contribution in [0.15, 0.2) is 65.6 Å². The van der Waals surface area contributed by atoms with E-state index in [2.05, 4.69) is 5.32 Å². The molecule has 190 valence electrons. The van der Waals surface area contributed by atoms with Crippen molar-refractivity contribution in [3.05, 3.63) is 88.5 Å². The number of nitrogens with zero attached hydrogens (tertiary/aromatic N) is 1. The van der Waals surface area contributed by atoms with E-state index in [0.717, 1.165) is 33.6 Å². The molecule has 1 unspecified atom stereocenters. The third kappa shape index (κ3) is 5.26. The summed E-state index contributed by atoms with van der Waals surface area (Å²) in [4.78, 5) is 13.6. The average molecular weight is 507 g/mol. The van der Waals surface area contributed by atoms with Crippen LogP contribution in [0.3, 0.4) is 0 Å². The maximum Gasteiger partial charge on any atom is 0.264 e. The Morgan fingerprint density at radius 1 is 1.00 bits per heavy atom. The molecule has 3 aromatic rings. The number of carbonyl (C=O) groups is 1. The van der Waals surface area contributed by atoms with E-state index in [9.17, 15) is 13.2 Å². The first-order valence-electron chi connectivity index (χ1n) is 12.1. The maximum absolute atomic E-state index is 13.8. The number of nitrogens with one attached hydrogen (secondary N) is 1. The molecule has 6 nitrogen and oxygen atoms in total. The monoisotopic (exact) mass is 506 g/mol. The van der Waals surface area contributed by atoms with Crippen molar-refractivity contribution < 1.29 is 17.9 Å². The second-order valence-electron chi connectivity index (χ2n) is 10.3. The summed E-state index contributed by atoms with van der Waals surface area (Å²) < 4.78 is 35.0. The molecule has 7 heteroatoms. The van der Waals surface area contributed by atoms with E-state index in [1.54, 1.807) is 30.3 Å². The smallest absolute Gasteiger partial charge is 0.264 e. The van der Waals surface area contributed by atoms with Gasteiger partial charge >= 0.3 is 0 Å². The first-order chi connectivity index (χ1) is 16.9. The van der Waals surface area contributed by atoms with Crippen molar-refractivity contribution in [1.29, 1.82) is 0 Å². The highest BCUT2D eigenvalue weighted by molar-refractivity contribution is 7.92. The first-order valence-corrected chi connectivity index (χ1v) is 13.6. The van der Waals surface area contributed by atoms with Crippen LogP contribution in [0.1, 0.15) is 54.1 Å². The van der Waals surface area contributed by atoms with E-state index < -0.39 is 15.6 Å². The Labute approximate surface area is 214 Å². The number of hydrogen-bond acceptors (Lipinski definition) is 4. The molecule has 0 spiro atoms. The maximum atomic E-state index is 13.8. The Kier molecular flexibility index (Phi) is 6.88. The minimum atomic E-state index is -3.99. The molecule has 36 heavy (non-hydrogen) atoms. The fourth-order valence-corrected chi connectivity index (χ4v) is 6.09. The number of carbonyl (C=O) groups excluding carboxylic acids is 1. The first kappa shape index (κ1) is 25.8. The highest BCUT2D eigenvalue weighted by atomic mass is 32.2. The zero-order valence-corrected chi connectivity index (χ0v) is 22.6. The number of fused-ring (bicyclic) bond motifs is 1. The zero-order chi connectivity index (χ0) is 26.3. The van der Waals surface area contributed by atoms with Gasteiger partial charge in [0.25, 0.3) is 10.0 Å². The van der Waals surface area contributed by atoms with E-state index >= 15 is 0 Å². The molecule has 0 saturated carbocycles. The average Bonchev–Trinajstić information content (AvgIpc) is 2.80. The lowest BCUT2D eigenvalue weighted by Gasteiger charge is -2.38. The number of amides is 1. The molecule has 0 aliphatic carbocycles. The summed E-state index contributed by atoms with van der Waals surface area (Å²) in [7, 11) is -3.99. The number of hydrogen-bond donors (Lipinski definition) is 1. The highest BCUT2D eigenvalue weighted by Gasteiger charge is 2.36. The van der Waals surface area contributed by atoms with Crippen molar-refractivity contribution in [2.75, 3.05) is 10.8 Å². The van der Waals surface area contributed by atoms with Crippen molar-refractivity contribution in [3.63, 3.8) is 0 Å². The van der Waals surface area contributed by atoms with Crippen LogP contribution in [0.5, 0.6) is 5.75 Å². The number of ether oxygens (including phenoxy) is 1. The number of rotatable bonds is 6. The fourth-order valence-electron chi connectivity index (χ4n) is 4.62. The summed E-state index contributed by atoms with van der Waals surface area (Å²) in [6.07, 6.45) is 0.573. The normalized spacial score (nSPS) is 16.6. The summed E-state index contributed by atoms with van der Waals surface area (Å²) in [6.45, 7) is 11.3. The molecule has 1 aliphatic heterocycles. The van der Waals surface area contributed by atoms with Gasteiger partial charge in [0.05, 0.1) is 16.6 Å². The molecule has 0 fully saturated rings. The third-order valence-corrected chi connectivity index (χ3v) is 8.47. The Balaban J connectivity index is 1.69. The van der Waals surface area contributed by atoms with Crippen LogP contribution in [0.2, 0.25) is 0 Å². The van der Waals surface area contributed by atoms with E-state index in [0.29, 0.717) is 12.1 Å². The van der Waals surface area contributed by atoms with Crippen molar-refractivity contribution in [3.8, 4) is 5.75 Å². The van der Waals surface area contributed by atoms with Crippen molar-refractivity contribution in [2.45, 2.75) is 64.5 Å². The van der Waals surface area contributed by atoms with Crippen molar-refractivity contribution in [1.82, 2.24) is 5.32 Å². The zero-order valence-electron chi connectivity index (χ0n) is 21.8. The van der Waals surface area contributed by atoms with Gasteiger partial charge in [0, 0.05) is 12.0 Å². The summed E-state index contributed by atoms with van der Waals surface area (Å²) >= 11 is 0. The fraction of sp³-hybridized carbons (Fsp3) is 0.345. The number of anilines is 1. The quantitative estimate of drug-likeness (QED) is 0.477. The van der Waals surface area contributed by atoms with Crippen LogP contribution in [-0.2, 0) is 14.8 Å². The van der Waals surface area contributed by atoms with Gasteiger partial charge in [-0.15, -0.1) is 0 Å². The van der Waals surface area contributed by atoms with Crippen LogP contribution >= 0.6 is 0 Å². The molecule has 0 aromatic heterocycles. The molecule has 0 saturated heterocycles. The van der Waals surface area contributed by atoms with Gasteiger partial charge in [0.2, 0.25) is 5.91 Å². The summed E-state index contributed by atoms with van der Waals surface area (Å²) in [5.41, 5.74) is 4.72. The topological polar surface area (TPSA) is 75.7 Å². The predicted octanol–water partition coefficient (Wildman–Crippen LogP) is 5.53. The molecule has 1 atom stereocenters. The van der Waals surface area contributed by atoms with Crippen LogP contribution < -0.4 is 14.4 Å². The lowest BCUT2D eigenvalue weighted by atomic mass is 9.89. The molecule has 0 bridgehead atoms. The van der Waals surface area contributed by atoms with Gasteiger partial charge in [-0.25, -0.2) is 8.42 Å². The predicted molar refractivity (Wildman–Crippen MR) is 143 cm³/mol. The van der Waals surface area contributed by atoms with Gasteiger partial charge in [-0.2, -0.15) is 0 Å². The summed E-state index contributed by atoms with van der Waals surface area (Å²) in [5, 5.41) is 3.10. The Morgan fingerprint density at radius 2 is 1.67 bits per heavy atom.